The Hall–Kier alpha value is -1.49. The van der Waals surface area contributed by atoms with Gasteiger partial charge in [0.05, 0.1) is 6.42 Å². The molecule has 0 aliphatic carbocycles. The van der Waals surface area contributed by atoms with Gasteiger partial charge in [0.1, 0.15) is 6.04 Å². The Morgan fingerprint density at radius 1 is 1.40 bits per heavy atom. The number of amides is 2. The van der Waals surface area contributed by atoms with E-state index in [1.807, 2.05) is 44.4 Å². The van der Waals surface area contributed by atoms with Gasteiger partial charge < -0.3 is 5.32 Å². The predicted molar refractivity (Wildman–Crippen MR) is 81.9 cm³/mol. The molecular weight excluding hydrogens is 272 g/mol. The van der Waals surface area contributed by atoms with E-state index < -0.39 is 6.04 Å². The van der Waals surface area contributed by atoms with Crippen molar-refractivity contribution < 1.29 is 9.59 Å². The third kappa shape index (κ3) is 2.82. The molecule has 108 valence electrons. The number of rotatable bonds is 5. The van der Waals surface area contributed by atoms with Crippen LogP contribution in [0.15, 0.2) is 29.2 Å². The Morgan fingerprint density at radius 2 is 2.10 bits per heavy atom. The maximum atomic E-state index is 12.4. The van der Waals surface area contributed by atoms with E-state index in [-0.39, 0.29) is 24.3 Å². The lowest BCUT2D eigenvalue weighted by atomic mass is 10.2. The van der Waals surface area contributed by atoms with Gasteiger partial charge >= 0.3 is 0 Å². The van der Waals surface area contributed by atoms with Crippen molar-refractivity contribution in [2.24, 2.45) is 0 Å². The Balaban J connectivity index is 2.15. The third-order valence-electron chi connectivity index (χ3n) is 3.65. The molecule has 0 bridgehead atoms. The summed E-state index contributed by atoms with van der Waals surface area (Å²) in [5.74, 6) is -0.191. The number of imide groups is 1. The Labute approximate surface area is 123 Å². The van der Waals surface area contributed by atoms with E-state index in [4.69, 9.17) is 0 Å². The molecule has 0 saturated carbocycles. The van der Waals surface area contributed by atoms with Crippen LogP contribution in [0, 0.1) is 0 Å². The molecule has 4 nitrogen and oxygen atoms in total. The second kappa shape index (κ2) is 6.31. The van der Waals surface area contributed by atoms with E-state index in [0.717, 1.165) is 17.0 Å². The Bertz CT molecular complexity index is 518. The van der Waals surface area contributed by atoms with Crippen LogP contribution < -0.4 is 5.32 Å². The van der Waals surface area contributed by atoms with E-state index in [2.05, 4.69) is 5.32 Å². The molecule has 1 saturated heterocycles. The average Bonchev–Trinajstić information content (AvgIpc) is 2.73. The highest BCUT2D eigenvalue weighted by atomic mass is 32.2. The fourth-order valence-electron chi connectivity index (χ4n) is 2.36. The molecule has 1 fully saturated rings. The van der Waals surface area contributed by atoms with Crippen LogP contribution in [0.1, 0.15) is 26.7 Å². The summed E-state index contributed by atoms with van der Waals surface area (Å²) in [6.07, 6.45) is 3.02. The van der Waals surface area contributed by atoms with Gasteiger partial charge in [-0.05, 0) is 31.7 Å². The standard InChI is InChI=1S/C15H20N2O2S/c1-4-10(2)17-14(18)9-12(15(17)19)16-11-7-5-6-8-13(11)20-3/h5-8,10,12,16H,4,9H2,1-3H3. The van der Waals surface area contributed by atoms with Crippen molar-refractivity contribution in [3.8, 4) is 0 Å². The molecule has 2 rings (SSSR count). The number of hydrogen-bond donors (Lipinski definition) is 1. The van der Waals surface area contributed by atoms with Gasteiger partial charge in [0.2, 0.25) is 5.91 Å². The Morgan fingerprint density at radius 3 is 2.75 bits per heavy atom. The summed E-state index contributed by atoms with van der Waals surface area (Å²) >= 11 is 1.62. The van der Waals surface area contributed by atoms with Gasteiger partial charge in [-0.1, -0.05) is 19.1 Å². The van der Waals surface area contributed by atoms with Gasteiger partial charge in [0.15, 0.2) is 0 Å². The SMILES string of the molecule is CCC(C)N1C(=O)CC(Nc2ccccc2SC)C1=O. The number of benzene rings is 1. The van der Waals surface area contributed by atoms with E-state index in [1.165, 1.54) is 4.90 Å². The van der Waals surface area contributed by atoms with Crippen molar-refractivity contribution in [1.82, 2.24) is 4.90 Å². The molecular formula is C15H20N2O2S. The molecule has 0 radical (unpaired) electrons. The maximum absolute atomic E-state index is 12.4. The minimum atomic E-state index is -0.440. The Kier molecular flexibility index (Phi) is 4.70. The van der Waals surface area contributed by atoms with Gasteiger partial charge in [0, 0.05) is 16.6 Å². The molecule has 2 atom stereocenters. The molecule has 1 N–H and O–H groups in total. The van der Waals surface area contributed by atoms with Crippen molar-refractivity contribution >= 4 is 29.3 Å². The van der Waals surface area contributed by atoms with Crippen LogP contribution in [0.25, 0.3) is 0 Å². The van der Waals surface area contributed by atoms with Crippen LogP contribution in [0.3, 0.4) is 0 Å². The lowest BCUT2D eigenvalue weighted by Crippen LogP contribution is -2.40. The average molecular weight is 292 g/mol. The van der Waals surface area contributed by atoms with E-state index in [1.54, 1.807) is 11.8 Å². The zero-order valence-corrected chi connectivity index (χ0v) is 12.9. The zero-order valence-electron chi connectivity index (χ0n) is 12.1. The van der Waals surface area contributed by atoms with Crippen LogP contribution >= 0.6 is 11.8 Å². The van der Waals surface area contributed by atoms with Crippen LogP contribution in [0.2, 0.25) is 0 Å². The predicted octanol–water partition coefficient (Wildman–Crippen LogP) is 2.75. The largest absolute Gasteiger partial charge is 0.372 e. The van der Waals surface area contributed by atoms with Crippen LogP contribution in [0.5, 0.6) is 0 Å². The summed E-state index contributed by atoms with van der Waals surface area (Å²) in [5.41, 5.74) is 0.914. The molecule has 2 unspecified atom stereocenters. The fraction of sp³-hybridized carbons (Fsp3) is 0.467. The van der Waals surface area contributed by atoms with Gasteiger partial charge in [0.25, 0.3) is 5.91 Å². The molecule has 5 heteroatoms. The highest BCUT2D eigenvalue weighted by molar-refractivity contribution is 7.98. The number of anilines is 1. The molecule has 2 amide bonds. The van der Waals surface area contributed by atoms with Gasteiger partial charge in [-0.15, -0.1) is 11.8 Å². The minimum absolute atomic E-state index is 0.0300. The second-order valence-electron chi connectivity index (χ2n) is 4.96. The monoisotopic (exact) mass is 292 g/mol. The number of carbonyl (C=O) groups is 2. The van der Waals surface area contributed by atoms with Crippen molar-refractivity contribution in [3.63, 3.8) is 0 Å². The summed E-state index contributed by atoms with van der Waals surface area (Å²) in [5, 5.41) is 3.22. The lowest BCUT2D eigenvalue weighted by molar-refractivity contribution is -0.140. The number of hydrogen-bond acceptors (Lipinski definition) is 4. The van der Waals surface area contributed by atoms with Gasteiger partial charge in [-0.3, -0.25) is 14.5 Å². The molecule has 0 aromatic heterocycles. The fourth-order valence-corrected chi connectivity index (χ4v) is 2.92. The summed E-state index contributed by atoms with van der Waals surface area (Å²) in [4.78, 5) is 26.8. The zero-order chi connectivity index (χ0) is 14.7. The lowest BCUT2D eigenvalue weighted by Gasteiger charge is -2.22. The number of thioether (sulfide) groups is 1. The first-order valence-electron chi connectivity index (χ1n) is 6.84. The highest BCUT2D eigenvalue weighted by Crippen LogP contribution is 2.28. The molecule has 1 heterocycles. The number of likely N-dealkylation sites (tertiary alicyclic amines) is 1. The second-order valence-corrected chi connectivity index (χ2v) is 5.81. The number of nitrogens with one attached hydrogen (secondary N) is 1. The summed E-state index contributed by atoms with van der Waals surface area (Å²) < 4.78 is 0. The normalized spacial score (nSPS) is 20.4. The maximum Gasteiger partial charge on any atom is 0.252 e. The summed E-state index contributed by atoms with van der Waals surface area (Å²) in [6, 6.07) is 7.36. The van der Waals surface area contributed by atoms with E-state index in [9.17, 15) is 9.59 Å². The minimum Gasteiger partial charge on any atom is -0.372 e. The smallest absolute Gasteiger partial charge is 0.252 e. The molecule has 0 spiro atoms. The number of carbonyl (C=O) groups excluding carboxylic acids is 2. The van der Waals surface area contributed by atoms with E-state index >= 15 is 0 Å². The van der Waals surface area contributed by atoms with Gasteiger partial charge in [-0.2, -0.15) is 0 Å². The van der Waals surface area contributed by atoms with Crippen molar-refractivity contribution in [3.05, 3.63) is 24.3 Å². The molecule has 1 aliphatic heterocycles. The van der Waals surface area contributed by atoms with Crippen molar-refractivity contribution in [2.75, 3.05) is 11.6 Å². The topological polar surface area (TPSA) is 49.4 Å². The molecule has 1 aromatic rings. The molecule has 1 aromatic carbocycles. The molecule has 1 aliphatic rings. The van der Waals surface area contributed by atoms with Gasteiger partial charge in [-0.25, -0.2) is 0 Å². The van der Waals surface area contributed by atoms with E-state index in [0.29, 0.717) is 0 Å². The first kappa shape index (κ1) is 14.9. The first-order chi connectivity index (χ1) is 9.58. The summed E-state index contributed by atoms with van der Waals surface area (Å²) in [7, 11) is 0. The highest BCUT2D eigenvalue weighted by Gasteiger charge is 2.40. The van der Waals surface area contributed by atoms with Crippen LogP contribution in [0.4, 0.5) is 5.69 Å². The van der Waals surface area contributed by atoms with Crippen molar-refractivity contribution in [2.45, 2.75) is 43.7 Å². The van der Waals surface area contributed by atoms with Crippen LogP contribution in [-0.2, 0) is 9.59 Å². The quantitative estimate of drug-likeness (QED) is 0.669. The first-order valence-corrected chi connectivity index (χ1v) is 8.06. The third-order valence-corrected chi connectivity index (χ3v) is 4.45. The molecule has 20 heavy (non-hydrogen) atoms. The van der Waals surface area contributed by atoms with Crippen LogP contribution in [-0.4, -0.2) is 35.1 Å². The number of nitrogens with zero attached hydrogens (tertiary/aromatic N) is 1. The van der Waals surface area contributed by atoms with Crippen molar-refractivity contribution in [1.29, 1.82) is 0 Å². The number of para-hydroxylation sites is 1. The summed E-state index contributed by atoms with van der Waals surface area (Å²) in [6.45, 7) is 3.89.